The third kappa shape index (κ3) is 5.19. The van der Waals surface area contributed by atoms with Gasteiger partial charge in [0.15, 0.2) is 0 Å². The Hall–Kier alpha value is -3.02. The molecule has 5 nitrogen and oxygen atoms in total. The van der Waals surface area contributed by atoms with Gasteiger partial charge in [0.05, 0.1) is 20.3 Å². The van der Waals surface area contributed by atoms with E-state index in [4.69, 9.17) is 14.2 Å². The Morgan fingerprint density at radius 2 is 1.65 bits per heavy atom. The van der Waals surface area contributed by atoms with Crippen LogP contribution in [0.25, 0.3) is 0 Å². The standard InChI is InChI=1S/C26H30N2O3/c1-29-22-11-12-24(25(18-22)30-2)26(28-15-13-27-14-16-28)21-9-6-10-23(17-21)31-19-20-7-4-3-5-8-20/h3-12,17-18,26-27H,13-16,19H2,1-2H3. The molecule has 0 aromatic heterocycles. The van der Waals surface area contributed by atoms with Crippen LogP contribution in [0, 0.1) is 0 Å². The predicted molar refractivity (Wildman–Crippen MR) is 123 cm³/mol. The van der Waals surface area contributed by atoms with Gasteiger partial charge in [0, 0.05) is 37.8 Å². The number of nitrogens with one attached hydrogen (secondary N) is 1. The summed E-state index contributed by atoms with van der Waals surface area (Å²) in [7, 11) is 3.39. The summed E-state index contributed by atoms with van der Waals surface area (Å²) < 4.78 is 17.3. The summed E-state index contributed by atoms with van der Waals surface area (Å²) in [6.45, 7) is 4.43. The van der Waals surface area contributed by atoms with E-state index in [0.29, 0.717) is 6.61 Å². The topological polar surface area (TPSA) is 43.0 Å². The van der Waals surface area contributed by atoms with Gasteiger partial charge in [0.1, 0.15) is 23.9 Å². The third-order valence-electron chi connectivity index (χ3n) is 5.67. The second-order valence-corrected chi connectivity index (χ2v) is 7.64. The lowest BCUT2D eigenvalue weighted by Gasteiger charge is -2.36. The highest BCUT2D eigenvalue weighted by molar-refractivity contribution is 5.47. The summed E-state index contributed by atoms with van der Waals surface area (Å²) in [6.07, 6.45) is 0. The second kappa shape index (κ2) is 10.3. The molecule has 31 heavy (non-hydrogen) atoms. The lowest BCUT2D eigenvalue weighted by molar-refractivity contribution is 0.195. The van der Waals surface area contributed by atoms with Crippen molar-refractivity contribution in [1.82, 2.24) is 10.2 Å². The van der Waals surface area contributed by atoms with Crippen molar-refractivity contribution in [3.8, 4) is 17.2 Å². The summed E-state index contributed by atoms with van der Waals surface area (Å²) >= 11 is 0. The lowest BCUT2D eigenvalue weighted by atomic mass is 9.95. The molecule has 3 aromatic rings. The molecule has 1 heterocycles. The van der Waals surface area contributed by atoms with E-state index in [9.17, 15) is 0 Å². The summed E-state index contributed by atoms with van der Waals surface area (Å²) in [5.41, 5.74) is 3.48. The van der Waals surface area contributed by atoms with Gasteiger partial charge in [-0.1, -0.05) is 42.5 Å². The van der Waals surface area contributed by atoms with Crippen LogP contribution in [0.1, 0.15) is 22.7 Å². The van der Waals surface area contributed by atoms with Crippen LogP contribution in [0.3, 0.4) is 0 Å². The van der Waals surface area contributed by atoms with Gasteiger partial charge in [0.25, 0.3) is 0 Å². The summed E-state index contributed by atoms with van der Waals surface area (Å²) in [6, 6.07) is 24.8. The maximum Gasteiger partial charge on any atom is 0.127 e. The molecule has 3 aromatic carbocycles. The largest absolute Gasteiger partial charge is 0.497 e. The number of nitrogens with zero attached hydrogens (tertiary/aromatic N) is 1. The van der Waals surface area contributed by atoms with E-state index in [1.54, 1.807) is 14.2 Å². The van der Waals surface area contributed by atoms with E-state index in [-0.39, 0.29) is 6.04 Å². The molecule has 1 saturated heterocycles. The molecule has 0 amide bonds. The molecule has 0 saturated carbocycles. The average Bonchev–Trinajstić information content (AvgIpc) is 2.85. The van der Waals surface area contributed by atoms with E-state index in [0.717, 1.165) is 54.6 Å². The number of piperazine rings is 1. The lowest BCUT2D eigenvalue weighted by Crippen LogP contribution is -2.45. The Labute approximate surface area is 184 Å². The molecule has 162 valence electrons. The highest BCUT2D eigenvalue weighted by Gasteiger charge is 2.27. The minimum Gasteiger partial charge on any atom is -0.497 e. The molecular weight excluding hydrogens is 388 g/mol. The SMILES string of the molecule is COc1ccc(C(c2cccc(OCc3ccccc3)c2)N2CCNCC2)c(OC)c1. The molecule has 5 heteroatoms. The molecule has 4 rings (SSSR count). The van der Waals surface area contributed by atoms with Gasteiger partial charge in [-0.2, -0.15) is 0 Å². The third-order valence-corrected chi connectivity index (χ3v) is 5.67. The van der Waals surface area contributed by atoms with Crippen LogP contribution < -0.4 is 19.5 Å². The molecule has 0 radical (unpaired) electrons. The second-order valence-electron chi connectivity index (χ2n) is 7.64. The van der Waals surface area contributed by atoms with Gasteiger partial charge in [-0.15, -0.1) is 0 Å². The molecular formula is C26H30N2O3. The van der Waals surface area contributed by atoms with E-state index < -0.39 is 0 Å². The van der Waals surface area contributed by atoms with Gasteiger partial charge in [0.2, 0.25) is 0 Å². The fraction of sp³-hybridized carbons (Fsp3) is 0.308. The van der Waals surface area contributed by atoms with Crippen molar-refractivity contribution in [2.24, 2.45) is 0 Å². The maximum atomic E-state index is 6.12. The first-order valence-electron chi connectivity index (χ1n) is 10.7. The molecule has 0 bridgehead atoms. The fourth-order valence-corrected chi connectivity index (χ4v) is 4.09. The number of hydrogen-bond acceptors (Lipinski definition) is 5. The average molecular weight is 419 g/mol. The van der Waals surface area contributed by atoms with Crippen LogP contribution in [-0.4, -0.2) is 45.3 Å². The zero-order chi connectivity index (χ0) is 21.5. The van der Waals surface area contributed by atoms with Crippen LogP contribution in [0.15, 0.2) is 72.8 Å². The Morgan fingerprint density at radius 3 is 2.39 bits per heavy atom. The van der Waals surface area contributed by atoms with Crippen LogP contribution in [0.4, 0.5) is 0 Å². The van der Waals surface area contributed by atoms with Crippen LogP contribution >= 0.6 is 0 Å². The molecule has 1 atom stereocenters. The van der Waals surface area contributed by atoms with E-state index in [1.807, 2.05) is 36.4 Å². The van der Waals surface area contributed by atoms with Crippen molar-refractivity contribution in [2.45, 2.75) is 12.6 Å². The first-order valence-corrected chi connectivity index (χ1v) is 10.7. The zero-order valence-corrected chi connectivity index (χ0v) is 18.2. The quantitative estimate of drug-likeness (QED) is 0.592. The molecule has 0 spiro atoms. The smallest absolute Gasteiger partial charge is 0.127 e. The maximum absolute atomic E-state index is 6.12. The van der Waals surface area contributed by atoms with Crippen molar-refractivity contribution < 1.29 is 14.2 Å². The molecule has 0 aliphatic carbocycles. The first-order chi connectivity index (χ1) is 15.3. The summed E-state index contributed by atoms with van der Waals surface area (Å²) in [4.78, 5) is 2.50. The Morgan fingerprint density at radius 1 is 0.839 bits per heavy atom. The van der Waals surface area contributed by atoms with Crippen molar-refractivity contribution in [3.05, 3.63) is 89.5 Å². The molecule has 1 aliphatic rings. The normalized spacial score (nSPS) is 15.3. The number of methoxy groups -OCH3 is 2. The molecule has 1 aliphatic heterocycles. The highest BCUT2D eigenvalue weighted by atomic mass is 16.5. The van der Waals surface area contributed by atoms with E-state index in [1.165, 1.54) is 5.56 Å². The summed E-state index contributed by atoms with van der Waals surface area (Å²) in [5, 5.41) is 3.45. The number of hydrogen-bond donors (Lipinski definition) is 1. The van der Waals surface area contributed by atoms with E-state index >= 15 is 0 Å². The first kappa shape index (κ1) is 21.2. The van der Waals surface area contributed by atoms with Crippen LogP contribution in [0.5, 0.6) is 17.2 Å². The molecule has 1 unspecified atom stereocenters. The van der Waals surface area contributed by atoms with E-state index in [2.05, 4.69) is 46.6 Å². The molecule has 1 N–H and O–H groups in total. The van der Waals surface area contributed by atoms with Crippen LogP contribution in [-0.2, 0) is 6.61 Å². The predicted octanol–water partition coefficient (Wildman–Crippen LogP) is 4.28. The van der Waals surface area contributed by atoms with Crippen molar-refractivity contribution in [2.75, 3.05) is 40.4 Å². The Bertz CT molecular complexity index is 971. The number of benzene rings is 3. The van der Waals surface area contributed by atoms with Gasteiger partial charge in [-0.3, -0.25) is 4.90 Å². The highest BCUT2D eigenvalue weighted by Crippen LogP contribution is 2.38. The van der Waals surface area contributed by atoms with Gasteiger partial charge in [-0.25, -0.2) is 0 Å². The minimum absolute atomic E-state index is 0.0724. The minimum atomic E-state index is 0.0724. The van der Waals surface area contributed by atoms with Gasteiger partial charge >= 0.3 is 0 Å². The van der Waals surface area contributed by atoms with Gasteiger partial charge < -0.3 is 19.5 Å². The Balaban J connectivity index is 1.66. The summed E-state index contributed by atoms with van der Waals surface area (Å²) in [5.74, 6) is 2.49. The monoisotopic (exact) mass is 418 g/mol. The zero-order valence-electron chi connectivity index (χ0n) is 18.2. The van der Waals surface area contributed by atoms with Crippen molar-refractivity contribution in [3.63, 3.8) is 0 Å². The number of rotatable bonds is 8. The molecule has 1 fully saturated rings. The Kier molecular flexibility index (Phi) is 7.07. The van der Waals surface area contributed by atoms with Gasteiger partial charge in [-0.05, 0) is 35.4 Å². The van der Waals surface area contributed by atoms with Crippen LogP contribution in [0.2, 0.25) is 0 Å². The number of ether oxygens (including phenoxy) is 3. The van der Waals surface area contributed by atoms with Crippen molar-refractivity contribution in [1.29, 1.82) is 0 Å². The fourth-order valence-electron chi connectivity index (χ4n) is 4.09. The van der Waals surface area contributed by atoms with Crippen molar-refractivity contribution >= 4 is 0 Å².